The summed E-state index contributed by atoms with van der Waals surface area (Å²) in [6.45, 7) is 9.74. The van der Waals surface area contributed by atoms with E-state index in [2.05, 4.69) is 80.4 Å². The van der Waals surface area contributed by atoms with Gasteiger partial charge in [-0.2, -0.15) is 0 Å². The second-order valence-electron chi connectivity index (χ2n) is 9.72. The Kier molecular flexibility index (Phi) is 8.39. The number of hydrogen-bond acceptors (Lipinski definition) is 3. The molecular formula is C31H40N2O. The molecule has 0 bridgehead atoms. The average molecular weight is 457 g/mol. The summed E-state index contributed by atoms with van der Waals surface area (Å²) in [5, 5.41) is 0. The van der Waals surface area contributed by atoms with Gasteiger partial charge >= 0.3 is 0 Å². The SMILES string of the molecule is CCc1cccc(CC)c1-c1ncc(CN(CCc2ccccc2)CC2CCC2)c(OC)c1C. The third-order valence-corrected chi connectivity index (χ3v) is 7.47. The van der Waals surface area contributed by atoms with Crippen molar-refractivity contribution in [3.05, 3.63) is 82.5 Å². The summed E-state index contributed by atoms with van der Waals surface area (Å²) in [4.78, 5) is 7.67. The molecule has 0 aliphatic heterocycles. The van der Waals surface area contributed by atoms with Crippen LogP contribution in [0.4, 0.5) is 0 Å². The zero-order valence-electron chi connectivity index (χ0n) is 21.4. The Morgan fingerprint density at radius 3 is 2.24 bits per heavy atom. The van der Waals surface area contributed by atoms with Crippen molar-refractivity contribution in [2.45, 2.75) is 65.8 Å². The number of aromatic nitrogens is 1. The van der Waals surface area contributed by atoms with E-state index in [9.17, 15) is 0 Å². The van der Waals surface area contributed by atoms with Crippen molar-refractivity contribution >= 4 is 0 Å². The number of pyridine rings is 1. The molecule has 1 fully saturated rings. The van der Waals surface area contributed by atoms with Gasteiger partial charge in [-0.05, 0) is 61.6 Å². The molecule has 4 rings (SSSR count). The maximum absolute atomic E-state index is 6.03. The van der Waals surface area contributed by atoms with Gasteiger partial charge in [0.15, 0.2) is 0 Å². The molecule has 0 radical (unpaired) electrons. The standard InChI is InChI=1S/C31H40N2O/c1-5-26-16-11-17-27(6-2)29(26)30-23(3)31(34-4)28(20-32-30)22-33(21-25-14-10-15-25)19-18-24-12-8-7-9-13-24/h7-9,11-13,16-17,20,25H,5-6,10,14-15,18-19,21-22H2,1-4H3. The highest BCUT2D eigenvalue weighted by Gasteiger charge is 2.23. The Balaban J connectivity index is 1.62. The topological polar surface area (TPSA) is 25.4 Å². The van der Waals surface area contributed by atoms with Crippen LogP contribution < -0.4 is 4.74 Å². The summed E-state index contributed by atoms with van der Waals surface area (Å²) in [5.41, 5.74) is 8.85. The van der Waals surface area contributed by atoms with Crippen LogP contribution in [0.15, 0.2) is 54.7 Å². The van der Waals surface area contributed by atoms with Gasteiger partial charge in [0.25, 0.3) is 0 Å². The van der Waals surface area contributed by atoms with Crippen molar-refractivity contribution in [2.75, 3.05) is 20.2 Å². The monoisotopic (exact) mass is 456 g/mol. The fourth-order valence-corrected chi connectivity index (χ4v) is 5.29. The van der Waals surface area contributed by atoms with Gasteiger partial charge in [0.2, 0.25) is 0 Å². The summed E-state index contributed by atoms with van der Waals surface area (Å²) < 4.78 is 6.03. The van der Waals surface area contributed by atoms with E-state index in [0.717, 1.165) is 61.8 Å². The quantitative estimate of drug-likeness (QED) is 0.309. The van der Waals surface area contributed by atoms with Crippen molar-refractivity contribution in [1.82, 2.24) is 9.88 Å². The van der Waals surface area contributed by atoms with Crippen LogP contribution >= 0.6 is 0 Å². The van der Waals surface area contributed by atoms with Crippen LogP contribution in [0.3, 0.4) is 0 Å². The molecule has 34 heavy (non-hydrogen) atoms. The minimum Gasteiger partial charge on any atom is -0.496 e. The average Bonchev–Trinajstić information content (AvgIpc) is 2.85. The van der Waals surface area contributed by atoms with Crippen LogP contribution in [0.1, 0.15) is 60.9 Å². The predicted octanol–water partition coefficient (Wildman–Crippen LogP) is 7.04. The van der Waals surface area contributed by atoms with Crippen LogP contribution in [0.2, 0.25) is 0 Å². The lowest BCUT2D eigenvalue weighted by atomic mass is 9.85. The lowest BCUT2D eigenvalue weighted by Gasteiger charge is -2.33. The first-order valence-electron chi connectivity index (χ1n) is 13.0. The molecule has 0 spiro atoms. The summed E-state index contributed by atoms with van der Waals surface area (Å²) in [5.74, 6) is 1.83. The third-order valence-electron chi connectivity index (χ3n) is 7.47. The molecule has 1 saturated carbocycles. The van der Waals surface area contributed by atoms with E-state index in [-0.39, 0.29) is 0 Å². The number of benzene rings is 2. The largest absolute Gasteiger partial charge is 0.496 e. The highest BCUT2D eigenvalue weighted by molar-refractivity contribution is 5.73. The lowest BCUT2D eigenvalue weighted by molar-refractivity contribution is 0.171. The van der Waals surface area contributed by atoms with Crippen LogP contribution in [0.5, 0.6) is 5.75 Å². The zero-order chi connectivity index (χ0) is 23.9. The molecule has 0 saturated heterocycles. The van der Waals surface area contributed by atoms with Crippen molar-refractivity contribution in [3.63, 3.8) is 0 Å². The Hall–Kier alpha value is -2.65. The first-order valence-corrected chi connectivity index (χ1v) is 13.0. The van der Waals surface area contributed by atoms with Crippen molar-refractivity contribution in [1.29, 1.82) is 0 Å². The van der Waals surface area contributed by atoms with E-state index < -0.39 is 0 Å². The molecule has 180 valence electrons. The summed E-state index contributed by atoms with van der Waals surface area (Å²) >= 11 is 0. The number of methoxy groups -OCH3 is 1. The molecule has 3 nitrogen and oxygen atoms in total. The molecule has 1 aliphatic carbocycles. The summed E-state index contributed by atoms with van der Waals surface area (Å²) in [6.07, 6.45) is 9.26. The van der Waals surface area contributed by atoms with Gasteiger partial charge in [-0.25, -0.2) is 0 Å². The first kappa shape index (κ1) is 24.5. The van der Waals surface area contributed by atoms with Crippen molar-refractivity contribution in [2.24, 2.45) is 5.92 Å². The van der Waals surface area contributed by atoms with Gasteiger partial charge in [0.1, 0.15) is 5.75 Å². The normalized spacial score (nSPS) is 13.8. The highest BCUT2D eigenvalue weighted by atomic mass is 16.5. The maximum Gasteiger partial charge on any atom is 0.129 e. The van der Waals surface area contributed by atoms with Gasteiger partial charge in [0, 0.05) is 42.5 Å². The van der Waals surface area contributed by atoms with E-state index in [1.54, 1.807) is 0 Å². The van der Waals surface area contributed by atoms with E-state index in [4.69, 9.17) is 9.72 Å². The van der Waals surface area contributed by atoms with Crippen LogP contribution in [0, 0.1) is 12.8 Å². The minimum absolute atomic E-state index is 0.832. The smallest absolute Gasteiger partial charge is 0.129 e. The predicted molar refractivity (Wildman–Crippen MR) is 142 cm³/mol. The number of ether oxygens (including phenoxy) is 1. The van der Waals surface area contributed by atoms with Crippen LogP contribution in [-0.4, -0.2) is 30.1 Å². The van der Waals surface area contributed by atoms with Crippen LogP contribution in [-0.2, 0) is 25.8 Å². The van der Waals surface area contributed by atoms with Gasteiger partial charge in [0.05, 0.1) is 12.8 Å². The fraction of sp³-hybridized carbons (Fsp3) is 0.452. The Labute approximate surface area is 206 Å². The van der Waals surface area contributed by atoms with Gasteiger partial charge < -0.3 is 4.74 Å². The van der Waals surface area contributed by atoms with Gasteiger partial charge in [-0.3, -0.25) is 9.88 Å². The summed E-state index contributed by atoms with van der Waals surface area (Å²) in [7, 11) is 1.81. The van der Waals surface area contributed by atoms with Crippen molar-refractivity contribution in [3.8, 4) is 17.0 Å². The highest BCUT2D eigenvalue weighted by Crippen LogP contribution is 2.36. The molecule has 3 heteroatoms. The Bertz CT molecular complexity index is 1050. The van der Waals surface area contributed by atoms with E-state index in [0.29, 0.717) is 0 Å². The first-order chi connectivity index (χ1) is 16.6. The Morgan fingerprint density at radius 1 is 0.941 bits per heavy atom. The Morgan fingerprint density at radius 2 is 1.65 bits per heavy atom. The molecule has 1 aliphatic rings. The fourth-order valence-electron chi connectivity index (χ4n) is 5.29. The minimum atomic E-state index is 0.832. The molecule has 2 aromatic carbocycles. The molecule has 0 unspecified atom stereocenters. The molecular weight excluding hydrogens is 416 g/mol. The third kappa shape index (κ3) is 5.52. The van der Waals surface area contributed by atoms with Crippen LogP contribution in [0.25, 0.3) is 11.3 Å². The van der Waals surface area contributed by atoms with E-state index >= 15 is 0 Å². The molecule has 0 amide bonds. The number of hydrogen-bond donors (Lipinski definition) is 0. The van der Waals surface area contributed by atoms with E-state index in [1.165, 1.54) is 47.1 Å². The van der Waals surface area contributed by atoms with Gasteiger partial charge in [-0.15, -0.1) is 0 Å². The second kappa shape index (κ2) is 11.7. The zero-order valence-corrected chi connectivity index (χ0v) is 21.4. The van der Waals surface area contributed by atoms with Gasteiger partial charge in [-0.1, -0.05) is 68.8 Å². The molecule has 0 atom stereocenters. The summed E-state index contributed by atoms with van der Waals surface area (Å²) in [6, 6.07) is 17.5. The number of rotatable bonds is 11. The molecule has 1 heterocycles. The van der Waals surface area contributed by atoms with E-state index in [1.807, 2.05) is 7.11 Å². The number of nitrogens with zero attached hydrogens (tertiary/aromatic N) is 2. The number of aryl methyl sites for hydroxylation is 2. The molecule has 3 aromatic rings. The molecule has 0 N–H and O–H groups in total. The maximum atomic E-state index is 6.03. The lowest BCUT2D eigenvalue weighted by Crippen LogP contribution is -2.34. The second-order valence-corrected chi connectivity index (χ2v) is 9.72. The van der Waals surface area contributed by atoms with Crippen molar-refractivity contribution < 1.29 is 4.74 Å². The molecule has 1 aromatic heterocycles.